The van der Waals surface area contributed by atoms with Crippen LogP contribution in [0.4, 0.5) is 5.82 Å². The number of aryl methyl sites for hydroxylation is 1. The zero-order valence-corrected chi connectivity index (χ0v) is 12.7. The third-order valence-corrected chi connectivity index (χ3v) is 5.26. The summed E-state index contributed by atoms with van der Waals surface area (Å²) < 4.78 is 28.0. The number of hydrogen-bond acceptors (Lipinski definition) is 6. The van der Waals surface area contributed by atoms with Crippen molar-refractivity contribution >= 4 is 15.8 Å². The van der Waals surface area contributed by atoms with E-state index < -0.39 is 16.1 Å². The molecule has 0 bridgehead atoms. The van der Waals surface area contributed by atoms with Gasteiger partial charge in [0.1, 0.15) is 4.90 Å². The van der Waals surface area contributed by atoms with Crippen molar-refractivity contribution < 1.29 is 13.5 Å². The van der Waals surface area contributed by atoms with Crippen LogP contribution in [0.5, 0.6) is 0 Å². The van der Waals surface area contributed by atoms with E-state index in [1.807, 2.05) is 19.0 Å². The molecule has 1 aromatic rings. The Morgan fingerprint density at radius 2 is 2.20 bits per heavy atom. The van der Waals surface area contributed by atoms with Crippen molar-refractivity contribution in [2.24, 2.45) is 7.05 Å². The van der Waals surface area contributed by atoms with E-state index in [2.05, 4.69) is 5.10 Å². The molecule has 8 nitrogen and oxygen atoms in total. The first kappa shape index (κ1) is 15.2. The predicted octanol–water partition coefficient (Wildman–Crippen LogP) is -1.31. The van der Waals surface area contributed by atoms with Crippen molar-refractivity contribution in [2.45, 2.75) is 23.5 Å². The number of anilines is 1. The summed E-state index contributed by atoms with van der Waals surface area (Å²) in [7, 11) is 1.62. The molecule has 2 unspecified atom stereocenters. The topological polar surface area (TPSA) is 105 Å². The molecule has 9 heteroatoms. The quantitative estimate of drug-likeness (QED) is 0.715. The van der Waals surface area contributed by atoms with E-state index in [0.29, 0.717) is 13.0 Å². The largest absolute Gasteiger partial charge is 0.392 e. The zero-order valence-electron chi connectivity index (χ0n) is 11.9. The molecule has 1 saturated heterocycles. The lowest BCUT2D eigenvalue weighted by Gasteiger charge is -2.25. The SMILES string of the molecule is CN(C)CC1CC(O)CN1S(=O)(=O)c1cn(C)nc1N. The summed E-state index contributed by atoms with van der Waals surface area (Å²) >= 11 is 0. The number of β-amino-alcohol motifs (C(OH)–C–C–N with tert-alkyl or cyclic N) is 1. The van der Waals surface area contributed by atoms with Gasteiger partial charge in [0.05, 0.1) is 6.10 Å². The molecule has 0 radical (unpaired) electrons. The van der Waals surface area contributed by atoms with E-state index in [-0.39, 0.29) is 23.3 Å². The standard InChI is InChI=1S/C11H21N5O3S/c1-14(2)5-8-4-9(17)6-16(8)20(18,19)10-7-15(3)13-11(10)12/h7-9,17H,4-6H2,1-3H3,(H2,12,13). The van der Waals surface area contributed by atoms with Gasteiger partial charge in [-0.25, -0.2) is 8.42 Å². The first-order valence-electron chi connectivity index (χ1n) is 6.35. The molecule has 0 amide bonds. The number of likely N-dealkylation sites (N-methyl/N-ethyl adjacent to an activating group) is 1. The Balaban J connectivity index is 2.34. The van der Waals surface area contributed by atoms with E-state index in [1.165, 1.54) is 15.2 Å². The van der Waals surface area contributed by atoms with E-state index >= 15 is 0 Å². The van der Waals surface area contributed by atoms with E-state index in [1.54, 1.807) is 7.05 Å². The van der Waals surface area contributed by atoms with Gasteiger partial charge in [0, 0.05) is 32.4 Å². The number of aliphatic hydroxyl groups is 1. The molecule has 114 valence electrons. The summed E-state index contributed by atoms with van der Waals surface area (Å²) in [6.45, 7) is 0.644. The maximum absolute atomic E-state index is 12.7. The smallest absolute Gasteiger partial charge is 0.248 e. The molecule has 1 aromatic heterocycles. The van der Waals surface area contributed by atoms with Crippen molar-refractivity contribution in [2.75, 3.05) is 32.9 Å². The summed E-state index contributed by atoms with van der Waals surface area (Å²) in [6, 6.07) is -0.260. The Bertz CT molecular complexity index is 583. The second kappa shape index (κ2) is 5.32. The van der Waals surface area contributed by atoms with Crippen LogP contribution < -0.4 is 5.73 Å². The van der Waals surface area contributed by atoms with Gasteiger partial charge in [0.2, 0.25) is 10.0 Å². The van der Waals surface area contributed by atoms with Crippen LogP contribution in [0.15, 0.2) is 11.1 Å². The highest BCUT2D eigenvalue weighted by Gasteiger charge is 2.41. The van der Waals surface area contributed by atoms with Gasteiger partial charge in [0.15, 0.2) is 5.82 Å². The van der Waals surface area contributed by atoms with Crippen LogP contribution in [0.3, 0.4) is 0 Å². The average Bonchev–Trinajstić information content (AvgIpc) is 2.81. The number of aromatic nitrogens is 2. The number of sulfonamides is 1. The molecule has 1 aliphatic rings. The Labute approximate surface area is 118 Å². The van der Waals surface area contributed by atoms with Gasteiger partial charge in [-0.05, 0) is 20.5 Å². The molecule has 0 spiro atoms. The highest BCUT2D eigenvalue weighted by molar-refractivity contribution is 7.89. The highest BCUT2D eigenvalue weighted by atomic mass is 32.2. The highest BCUT2D eigenvalue weighted by Crippen LogP contribution is 2.28. The Morgan fingerprint density at radius 3 is 2.70 bits per heavy atom. The Hall–Kier alpha value is -1.16. The number of nitrogens with zero attached hydrogens (tertiary/aromatic N) is 4. The van der Waals surface area contributed by atoms with Crippen molar-refractivity contribution in [3.05, 3.63) is 6.20 Å². The molecule has 1 fully saturated rings. The lowest BCUT2D eigenvalue weighted by Crippen LogP contribution is -2.41. The van der Waals surface area contributed by atoms with Gasteiger partial charge in [-0.1, -0.05) is 0 Å². The average molecular weight is 303 g/mol. The lowest BCUT2D eigenvalue weighted by atomic mass is 10.2. The van der Waals surface area contributed by atoms with Crippen LogP contribution in [0, 0.1) is 0 Å². The summed E-state index contributed by atoms with van der Waals surface area (Å²) in [5.74, 6) is -0.0162. The van der Waals surface area contributed by atoms with Gasteiger partial charge in [0.25, 0.3) is 0 Å². The number of nitrogens with two attached hydrogens (primary N) is 1. The fraction of sp³-hybridized carbons (Fsp3) is 0.727. The third-order valence-electron chi connectivity index (χ3n) is 3.33. The van der Waals surface area contributed by atoms with Gasteiger partial charge in [-0.15, -0.1) is 0 Å². The van der Waals surface area contributed by atoms with Crippen molar-refractivity contribution in [3.8, 4) is 0 Å². The van der Waals surface area contributed by atoms with E-state index in [4.69, 9.17) is 5.73 Å². The van der Waals surface area contributed by atoms with Gasteiger partial charge < -0.3 is 15.7 Å². The summed E-state index contributed by atoms with van der Waals surface area (Å²) in [4.78, 5) is 1.90. The molecule has 2 heterocycles. The molecular weight excluding hydrogens is 282 g/mol. The Morgan fingerprint density at radius 1 is 1.55 bits per heavy atom. The lowest BCUT2D eigenvalue weighted by molar-refractivity contribution is 0.188. The summed E-state index contributed by atoms with van der Waals surface area (Å²) in [6.07, 6.45) is 1.17. The van der Waals surface area contributed by atoms with Crippen molar-refractivity contribution in [1.82, 2.24) is 19.0 Å². The molecular formula is C11H21N5O3S. The molecule has 1 aliphatic heterocycles. The number of hydrogen-bond donors (Lipinski definition) is 2. The number of aliphatic hydroxyl groups excluding tert-OH is 1. The fourth-order valence-electron chi connectivity index (χ4n) is 2.55. The first-order chi connectivity index (χ1) is 9.21. The fourth-order valence-corrected chi connectivity index (χ4v) is 4.31. The molecule has 0 saturated carbocycles. The minimum absolute atomic E-state index is 0.00199. The maximum Gasteiger partial charge on any atom is 0.248 e. The van der Waals surface area contributed by atoms with Crippen LogP contribution in [-0.4, -0.2) is 71.8 Å². The monoisotopic (exact) mass is 303 g/mol. The van der Waals surface area contributed by atoms with Crippen LogP contribution in [0.1, 0.15) is 6.42 Å². The van der Waals surface area contributed by atoms with Crippen molar-refractivity contribution in [3.63, 3.8) is 0 Å². The molecule has 0 aromatic carbocycles. The second-order valence-corrected chi connectivity index (χ2v) is 7.29. The molecule has 3 N–H and O–H groups in total. The minimum Gasteiger partial charge on any atom is -0.392 e. The molecule has 2 rings (SSSR count). The van der Waals surface area contributed by atoms with Gasteiger partial charge in [-0.3, -0.25) is 4.68 Å². The molecule has 20 heavy (non-hydrogen) atoms. The third kappa shape index (κ3) is 2.80. The summed E-state index contributed by atoms with van der Waals surface area (Å²) in [5, 5.41) is 13.7. The van der Waals surface area contributed by atoms with Gasteiger partial charge in [-0.2, -0.15) is 9.40 Å². The number of rotatable bonds is 4. The molecule has 0 aliphatic carbocycles. The predicted molar refractivity (Wildman–Crippen MR) is 74.5 cm³/mol. The van der Waals surface area contributed by atoms with Crippen LogP contribution in [0.2, 0.25) is 0 Å². The Kier molecular flexibility index (Phi) is 4.05. The second-order valence-electron chi connectivity index (χ2n) is 5.43. The zero-order chi connectivity index (χ0) is 15.1. The summed E-state index contributed by atoms with van der Waals surface area (Å²) in [5.41, 5.74) is 5.67. The molecule has 2 atom stereocenters. The van der Waals surface area contributed by atoms with Crippen molar-refractivity contribution in [1.29, 1.82) is 0 Å². The van der Waals surface area contributed by atoms with Crippen LogP contribution in [-0.2, 0) is 17.1 Å². The maximum atomic E-state index is 12.7. The normalized spacial score (nSPS) is 24.6. The van der Waals surface area contributed by atoms with E-state index in [9.17, 15) is 13.5 Å². The van der Waals surface area contributed by atoms with Crippen LogP contribution >= 0.6 is 0 Å². The van der Waals surface area contributed by atoms with Gasteiger partial charge >= 0.3 is 0 Å². The van der Waals surface area contributed by atoms with Crippen LogP contribution in [0.25, 0.3) is 0 Å². The van der Waals surface area contributed by atoms with E-state index in [0.717, 1.165) is 0 Å². The minimum atomic E-state index is -3.74. The number of nitrogen functional groups attached to an aromatic ring is 1. The first-order valence-corrected chi connectivity index (χ1v) is 7.79.